The monoisotopic (exact) mass is 389 g/mol. The molecule has 1 amide bonds. The van der Waals surface area contributed by atoms with E-state index in [1.54, 1.807) is 18.0 Å². The van der Waals surface area contributed by atoms with Gasteiger partial charge in [-0.15, -0.1) is 6.58 Å². The first-order valence-electron chi connectivity index (χ1n) is 9.14. The largest absolute Gasteiger partial charge is 0.390 e. The number of nitrogens with one attached hydrogen (secondary N) is 1. The molecule has 0 radical (unpaired) electrons. The highest BCUT2D eigenvalue weighted by molar-refractivity contribution is 7.80. The van der Waals surface area contributed by atoms with Crippen molar-refractivity contribution in [1.82, 2.24) is 10.2 Å². The predicted molar refractivity (Wildman–Crippen MR) is 110 cm³/mol. The summed E-state index contributed by atoms with van der Waals surface area (Å²) in [6.45, 7) is 8.14. The number of carbonyl (C=O) groups is 1. The number of fused-ring (bicyclic) bond motifs is 1. The summed E-state index contributed by atoms with van der Waals surface area (Å²) in [5, 5.41) is 24.5. The fraction of sp³-hybridized carbons (Fsp3) is 0.500. The van der Waals surface area contributed by atoms with Gasteiger partial charge in [-0.25, -0.2) is 0 Å². The lowest BCUT2D eigenvalue weighted by Crippen LogP contribution is -2.61. The van der Waals surface area contributed by atoms with E-state index in [2.05, 4.69) is 18.0 Å². The number of rotatable bonds is 4. The summed E-state index contributed by atoms with van der Waals surface area (Å²) >= 11 is 5.55. The Morgan fingerprint density at radius 2 is 2.00 bits per heavy atom. The number of aliphatic hydroxyl groups is 2. The standard InChI is InChI=1S/C20H27N3O3S/c1-5-6-22(4)19(26)14-10-15(24)18(25)16-17(14)23(20(27)21-16)13-8-11(2)7-12(3)9-13/h5,7-9,14-18,24-25H,1,6,10H2,2-4H3,(H,21,27). The average molecular weight is 390 g/mol. The van der Waals surface area contributed by atoms with Gasteiger partial charge in [-0.3, -0.25) is 4.79 Å². The molecule has 1 aromatic rings. The van der Waals surface area contributed by atoms with Gasteiger partial charge in [-0.1, -0.05) is 12.1 Å². The van der Waals surface area contributed by atoms with E-state index < -0.39 is 24.2 Å². The predicted octanol–water partition coefficient (Wildman–Crippen LogP) is 1.12. The Hall–Kier alpha value is -1.96. The molecule has 6 nitrogen and oxygen atoms in total. The lowest BCUT2D eigenvalue weighted by atomic mass is 9.77. The minimum absolute atomic E-state index is 0.0864. The molecule has 2 aliphatic rings. The maximum Gasteiger partial charge on any atom is 0.227 e. The smallest absolute Gasteiger partial charge is 0.227 e. The number of thiocarbonyl (C=S) groups is 1. The van der Waals surface area contributed by atoms with Crippen molar-refractivity contribution in [3.8, 4) is 0 Å². The molecule has 1 aliphatic heterocycles. The van der Waals surface area contributed by atoms with Crippen LogP contribution in [0.3, 0.4) is 0 Å². The first-order chi connectivity index (χ1) is 12.7. The number of hydrogen-bond donors (Lipinski definition) is 3. The van der Waals surface area contributed by atoms with Gasteiger partial charge in [0.2, 0.25) is 5.91 Å². The summed E-state index contributed by atoms with van der Waals surface area (Å²) in [5.41, 5.74) is 3.09. The van der Waals surface area contributed by atoms with Gasteiger partial charge in [-0.05, 0) is 55.7 Å². The SMILES string of the molecule is C=CCN(C)C(=O)C1CC(O)C(O)C2NC(=S)N(c3cc(C)cc(C)c3)C12. The van der Waals surface area contributed by atoms with Crippen molar-refractivity contribution in [2.75, 3.05) is 18.5 Å². The summed E-state index contributed by atoms with van der Waals surface area (Å²) < 4.78 is 0. The van der Waals surface area contributed by atoms with Crippen LogP contribution in [0.2, 0.25) is 0 Å². The highest BCUT2D eigenvalue weighted by atomic mass is 32.1. The number of likely N-dealkylation sites (N-methyl/N-ethyl adjacent to an activating group) is 1. The number of aliphatic hydroxyl groups excluding tert-OH is 2. The molecule has 146 valence electrons. The minimum Gasteiger partial charge on any atom is -0.390 e. The molecule has 0 bridgehead atoms. The zero-order chi connectivity index (χ0) is 19.9. The number of hydrogen-bond acceptors (Lipinski definition) is 4. The maximum absolute atomic E-state index is 13.1. The Morgan fingerprint density at radius 3 is 2.59 bits per heavy atom. The summed E-state index contributed by atoms with van der Waals surface area (Å²) in [5.74, 6) is -0.580. The highest BCUT2D eigenvalue weighted by Gasteiger charge is 2.54. The zero-order valence-corrected chi connectivity index (χ0v) is 16.7. The van der Waals surface area contributed by atoms with Crippen LogP contribution in [0.1, 0.15) is 17.5 Å². The molecule has 1 aromatic carbocycles. The van der Waals surface area contributed by atoms with Crippen molar-refractivity contribution >= 4 is 28.9 Å². The van der Waals surface area contributed by atoms with Crippen LogP contribution in [0.5, 0.6) is 0 Å². The van der Waals surface area contributed by atoms with E-state index in [1.807, 2.05) is 30.9 Å². The van der Waals surface area contributed by atoms with Crippen LogP contribution >= 0.6 is 12.2 Å². The second-order valence-corrected chi connectivity index (χ2v) is 7.98. The van der Waals surface area contributed by atoms with E-state index in [9.17, 15) is 15.0 Å². The molecule has 0 aromatic heterocycles. The fourth-order valence-electron chi connectivity index (χ4n) is 4.28. The van der Waals surface area contributed by atoms with Gasteiger partial charge in [0.1, 0.15) is 6.10 Å². The number of aryl methyl sites for hydroxylation is 2. The van der Waals surface area contributed by atoms with E-state index in [0.29, 0.717) is 11.7 Å². The molecule has 7 heteroatoms. The van der Waals surface area contributed by atoms with Gasteiger partial charge in [0.25, 0.3) is 0 Å². The van der Waals surface area contributed by atoms with Crippen LogP contribution in [0, 0.1) is 19.8 Å². The molecule has 1 saturated heterocycles. The first kappa shape index (κ1) is 19.8. The molecular weight excluding hydrogens is 362 g/mol. The lowest BCUT2D eigenvalue weighted by Gasteiger charge is -2.42. The third-order valence-electron chi connectivity index (χ3n) is 5.43. The van der Waals surface area contributed by atoms with E-state index in [1.165, 1.54) is 0 Å². The Morgan fingerprint density at radius 1 is 1.37 bits per heavy atom. The van der Waals surface area contributed by atoms with Crippen molar-refractivity contribution in [3.63, 3.8) is 0 Å². The van der Waals surface area contributed by atoms with Gasteiger partial charge in [0.05, 0.1) is 24.1 Å². The van der Waals surface area contributed by atoms with Crippen molar-refractivity contribution in [3.05, 3.63) is 42.0 Å². The molecular formula is C20H27N3O3S. The highest BCUT2D eigenvalue weighted by Crippen LogP contribution is 2.37. The maximum atomic E-state index is 13.1. The summed E-state index contributed by atoms with van der Waals surface area (Å²) in [6, 6.07) is 5.25. The number of benzene rings is 1. The van der Waals surface area contributed by atoms with Crippen LogP contribution in [-0.2, 0) is 4.79 Å². The second-order valence-electron chi connectivity index (χ2n) is 7.59. The molecule has 3 N–H and O–H groups in total. The van der Waals surface area contributed by atoms with Crippen LogP contribution in [0.25, 0.3) is 0 Å². The number of anilines is 1. The van der Waals surface area contributed by atoms with Gasteiger partial charge < -0.3 is 25.3 Å². The summed E-state index contributed by atoms with van der Waals surface area (Å²) in [4.78, 5) is 16.6. The molecule has 5 atom stereocenters. The Kier molecular flexibility index (Phi) is 5.55. The summed E-state index contributed by atoms with van der Waals surface area (Å²) in [6.07, 6.45) is -0.110. The molecule has 1 aliphatic carbocycles. The van der Waals surface area contributed by atoms with E-state index in [-0.39, 0.29) is 18.4 Å². The number of carbonyl (C=O) groups excluding carboxylic acids is 1. The molecule has 27 heavy (non-hydrogen) atoms. The van der Waals surface area contributed by atoms with Crippen LogP contribution in [0.4, 0.5) is 5.69 Å². The lowest BCUT2D eigenvalue weighted by molar-refractivity contribution is -0.139. The molecule has 1 heterocycles. The topological polar surface area (TPSA) is 76.0 Å². The van der Waals surface area contributed by atoms with Crippen molar-refractivity contribution < 1.29 is 15.0 Å². The van der Waals surface area contributed by atoms with E-state index in [0.717, 1.165) is 16.8 Å². The average Bonchev–Trinajstić information content (AvgIpc) is 2.94. The van der Waals surface area contributed by atoms with E-state index >= 15 is 0 Å². The Bertz CT molecular complexity index is 749. The summed E-state index contributed by atoms with van der Waals surface area (Å²) in [7, 11) is 1.72. The number of amides is 1. The quantitative estimate of drug-likeness (QED) is 0.529. The second kappa shape index (κ2) is 7.58. The molecule has 3 rings (SSSR count). The van der Waals surface area contributed by atoms with E-state index in [4.69, 9.17) is 12.2 Å². The van der Waals surface area contributed by atoms with Gasteiger partial charge in [0.15, 0.2) is 5.11 Å². The normalized spacial score (nSPS) is 29.9. The van der Waals surface area contributed by atoms with Crippen LogP contribution in [0.15, 0.2) is 30.9 Å². The first-order valence-corrected chi connectivity index (χ1v) is 9.55. The fourth-order valence-corrected chi connectivity index (χ4v) is 4.65. The van der Waals surface area contributed by atoms with Crippen LogP contribution in [-0.4, -0.2) is 64.0 Å². The molecule has 5 unspecified atom stereocenters. The Balaban J connectivity index is 2.03. The van der Waals surface area contributed by atoms with Gasteiger partial charge >= 0.3 is 0 Å². The third kappa shape index (κ3) is 3.59. The van der Waals surface area contributed by atoms with Crippen molar-refractivity contribution in [1.29, 1.82) is 0 Å². The molecule has 0 spiro atoms. The van der Waals surface area contributed by atoms with Gasteiger partial charge in [-0.2, -0.15) is 0 Å². The Labute approximate surface area is 165 Å². The van der Waals surface area contributed by atoms with Crippen molar-refractivity contribution in [2.45, 2.75) is 44.6 Å². The zero-order valence-electron chi connectivity index (χ0n) is 15.9. The van der Waals surface area contributed by atoms with Crippen LogP contribution < -0.4 is 10.2 Å². The minimum atomic E-state index is -0.988. The van der Waals surface area contributed by atoms with Crippen molar-refractivity contribution in [2.24, 2.45) is 5.92 Å². The number of nitrogens with zero attached hydrogens (tertiary/aromatic N) is 2. The molecule has 1 saturated carbocycles. The van der Waals surface area contributed by atoms with Gasteiger partial charge in [0, 0.05) is 19.3 Å². The third-order valence-corrected chi connectivity index (χ3v) is 5.74. The molecule has 2 fully saturated rings.